The Hall–Kier alpha value is -2.12. The first-order chi connectivity index (χ1) is 11.6. The van der Waals surface area contributed by atoms with Crippen molar-refractivity contribution < 1.29 is 9.84 Å². The second kappa shape index (κ2) is 7.19. The number of aromatic nitrogens is 2. The molecule has 0 saturated carbocycles. The number of aryl methyl sites for hydroxylation is 1. The zero-order valence-corrected chi connectivity index (χ0v) is 13.9. The van der Waals surface area contributed by atoms with Gasteiger partial charge in [-0.15, -0.1) is 0 Å². The van der Waals surface area contributed by atoms with Gasteiger partial charge >= 0.3 is 5.69 Å². The largest absolute Gasteiger partial charge is 0.508 e. The third kappa shape index (κ3) is 3.22. The number of nitrogens with zero attached hydrogens (tertiary/aromatic N) is 3. The molecule has 0 atom stereocenters. The molecule has 2 heterocycles. The molecule has 0 amide bonds. The van der Waals surface area contributed by atoms with Crippen molar-refractivity contribution in [2.24, 2.45) is 0 Å². The molecule has 1 aromatic carbocycles. The molecule has 0 radical (unpaired) electrons. The van der Waals surface area contributed by atoms with Crippen molar-refractivity contribution in [3.63, 3.8) is 0 Å². The summed E-state index contributed by atoms with van der Waals surface area (Å²) in [6.07, 6.45) is 0.725. The quantitative estimate of drug-likeness (QED) is 0.868. The summed E-state index contributed by atoms with van der Waals surface area (Å²) >= 11 is 0. The topological polar surface area (TPSA) is 76.7 Å². The van der Waals surface area contributed by atoms with Crippen LogP contribution in [0.1, 0.15) is 13.3 Å². The molecule has 1 aliphatic rings. The lowest BCUT2D eigenvalue weighted by atomic mass is 10.2. The van der Waals surface area contributed by atoms with Gasteiger partial charge in [0.2, 0.25) is 0 Å². The number of aromatic hydroxyl groups is 1. The molecule has 0 bridgehead atoms. The normalized spacial score (nSPS) is 15.9. The molecule has 1 aliphatic heterocycles. The first-order valence-electron chi connectivity index (χ1n) is 8.38. The average Bonchev–Trinajstić information content (AvgIpc) is 2.60. The lowest BCUT2D eigenvalue weighted by Gasteiger charge is -2.26. The molecule has 2 aromatic rings. The van der Waals surface area contributed by atoms with Crippen LogP contribution in [-0.2, 0) is 17.8 Å². The fourth-order valence-corrected chi connectivity index (χ4v) is 3.19. The third-order valence-electron chi connectivity index (χ3n) is 4.48. The van der Waals surface area contributed by atoms with Gasteiger partial charge in [0, 0.05) is 32.7 Å². The minimum Gasteiger partial charge on any atom is -0.508 e. The van der Waals surface area contributed by atoms with E-state index in [1.54, 1.807) is 10.6 Å². The molecule has 1 saturated heterocycles. The summed E-state index contributed by atoms with van der Waals surface area (Å²) in [6, 6.07) is 4.55. The van der Waals surface area contributed by atoms with Crippen LogP contribution in [0.5, 0.6) is 5.75 Å². The van der Waals surface area contributed by atoms with E-state index in [1.165, 1.54) is 16.7 Å². The SMILES string of the molecule is CCn1c(=O)n(CCCN2CCOCC2)c(=O)c2cc(O)ccc21. The molecule has 0 spiro atoms. The van der Waals surface area contributed by atoms with Crippen LogP contribution in [0.15, 0.2) is 27.8 Å². The summed E-state index contributed by atoms with van der Waals surface area (Å²) in [5, 5.41) is 10.0. The van der Waals surface area contributed by atoms with Crippen LogP contribution >= 0.6 is 0 Å². The van der Waals surface area contributed by atoms with Gasteiger partial charge in [0.05, 0.1) is 24.1 Å². The van der Waals surface area contributed by atoms with Crippen molar-refractivity contribution in [2.45, 2.75) is 26.4 Å². The number of fused-ring (bicyclic) bond motifs is 1. The number of benzene rings is 1. The molecule has 3 rings (SSSR count). The van der Waals surface area contributed by atoms with E-state index in [-0.39, 0.29) is 17.0 Å². The molecule has 7 heteroatoms. The predicted molar refractivity (Wildman–Crippen MR) is 91.7 cm³/mol. The number of phenolic OH excluding ortho intramolecular Hbond substituents is 1. The molecule has 7 nitrogen and oxygen atoms in total. The van der Waals surface area contributed by atoms with Crippen molar-refractivity contribution >= 4 is 10.9 Å². The van der Waals surface area contributed by atoms with Gasteiger partial charge in [-0.1, -0.05) is 0 Å². The highest BCUT2D eigenvalue weighted by atomic mass is 16.5. The van der Waals surface area contributed by atoms with Crippen LogP contribution in [0.2, 0.25) is 0 Å². The van der Waals surface area contributed by atoms with Gasteiger partial charge in [-0.25, -0.2) is 4.79 Å². The number of rotatable bonds is 5. The Morgan fingerprint density at radius 1 is 1.12 bits per heavy atom. The van der Waals surface area contributed by atoms with E-state index in [2.05, 4.69) is 4.90 Å². The van der Waals surface area contributed by atoms with Crippen LogP contribution < -0.4 is 11.2 Å². The fraction of sp³-hybridized carbons (Fsp3) is 0.529. The van der Waals surface area contributed by atoms with Gasteiger partial charge in [-0.2, -0.15) is 0 Å². The Morgan fingerprint density at radius 3 is 2.58 bits per heavy atom. The Bertz CT molecular complexity index is 834. The second-order valence-corrected chi connectivity index (χ2v) is 5.99. The summed E-state index contributed by atoms with van der Waals surface area (Å²) in [5.41, 5.74) is -0.0602. The Balaban J connectivity index is 1.89. The predicted octanol–water partition coefficient (Wildman–Crippen LogP) is 0.611. The van der Waals surface area contributed by atoms with E-state index in [0.29, 0.717) is 24.0 Å². The summed E-state index contributed by atoms with van der Waals surface area (Å²) < 4.78 is 8.18. The van der Waals surface area contributed by atoms with E-state index in [4.69, 9.17) is 4.74 Å². The number of hydrogen-bond donors (Lipinski definition) is 1. The molecule has 0 aliphatic carbocycles. The van der Waals surface area contributed by atoms with Crippen LogP contribution in [0, 0.1) is 0 Å². The monoisotopic (exact) mass is 333 g/mol. The van der Waals surface area contributed by atoms with Crippen molar-refractivity contribution in [3.05, 3.63) is 39.0 Å². The van der Waals surface area contributed by atoms with Gasteiger partial charge in [0.1, 0.15) is 5.75 Å². The van der Waals surface area contributed by atoms with Crippen molar-refractivity contribution in [1.29, 1.82) is 0 Å². The van der Waals surface area contributed by atoms with Gasteiger partial charge in [-0.3, -0.25) is 18.8 Å². The number of ether oxygens (including phenoxy) is 1. The highest BCUT2D eigenvalue weighted by molar-refractivity contribution is 5.79. The molecule has 130 valence electrons. The number of phenols is 1. The third-order valence-corrected chi connectivity index (χ3v) is 4.48. The van der Waals surface area contributed by atoms with E-state index in [0.717, 1.165) is 39.3 Å². The summed E-state index contributed by atoms with van der Waals surface area (Å²) in [6.45, 7) is 6.80. The van der Waals surface area contributed by atoms with E-state index in [1.807, 2.05) is 6.92 Å². The zero-order valence-electron chi connectivity index (χ0n) is 13.9. The van der Waals surface area contributed by atoms with E-state index >= 15 is 0 Å². The molecule has 24 heavy (non-hydrogen) atoms. The fourth-order valence-electron chi connectivity index (χ4n) is 3.19. The highest BCUT2D eigenvalue weighted by Gasteiger charge is 2.14. The summed E-state index contributed by atoms with van der Waals surface area (Å²) in [4.78, 5) is 27.6. The van der Waals surface area contributed by atoms with Crippen molar-refractivity contribution in [1.82, 2.24) is 14.0 Å². The van der Waals surface area contributed by atoms with Gasteiger partial charge < -0.3 is 9.84 Å². The molecular formula is C17H23N3O4. The smallest absolute Gasteiger partial charge is 0.331 e. The number of morpholine rings is 1. The first-order valence-corrected chi connectivity index (χ1v) is 8.38. The van der Waals surface area contributed by atoms with E-state index < -0.39 is 0 Å². The minimum absolute atomic E-state index is 0.0285. The van der Waals surface area contributed by atoms with Gasteiger partial charge in [-0.05, 0) is 31.5 Å². The molecule has 1 aromatic heterocycles. The number of hydrogen-bond acceptors (Lipinski definition) is 5. The highest BCUT2D eigenvalue weighted by Crippen LogP contribution is 2.15. The molecule has 0 unspecified atom stereocenters. The minimum atomic E-state index is -0.336. The van der Waals surface area contributed by atoms with E-state index in [9.17, 15) is 14.7 Å². The van der Waals surface area contributed by atoms with Crippen LogP contribution in [0.3, 0.4) is 0 Å². The molecular weight excluding hydrogens is 310 g/mol. The average molecular weight is 333 g/mol. The maximum Gasteiger partial charge on any atom is 0.331 e. The lowest BCUT2D eigenvalue weighted by molar-refractivity contribution is 0.0368. The first kappa shape index (κ1) is 16.7. The van der Waals surface area contributed by atoms with Crippen molar-refractivity contribution in [3.8, 4) is 5.75 Å². The van der Waals surface area contributed by atoms with Crippen molar-refractivity contribution in [2.75, 3.05) is 32.8 Å². The Kier molecular flexibility index (Phi) is 5.01. The lowest BCUT2D eigenvalue weighted by Crippen LogP contribution is -2.41. The molecule has 1 fully saturated rings. The molecule has 1 N–H and O–H groups in total. The summed E-state index contributed by atoms with van der Waals surface area (Å²) in [5.74, 6) is 0.0285. The zero-order chi connectivity index (χ0) is 17.1. The van der Waals surface area contributed by atoms with Crippen LogP contribution in [-0.4, -0.2) is 52.0 Å². The van der Waals surface area contributed by atoms with Gasteiger partial charge in [0.25, 0.3) is 5.56 Å². The standard InChI is InChI=1S/C17H23N3O4/c1-2-19-15-5-4-13(21)12-14(15)16(22)20(17(19)23)7-3-6-18-8-10-24-11-9-18/h4-5,12,21H,2-3,6-11H2,1H3. The Labute approximate surface area is 139 Å². The van der Waals surface area contributed by atoms with Crippen LogP contribution in [0.4, 0.5) is 0 Å². The summed E-state index contributed by atoms with van der Waals surface area (Å²) in [7, 11) is 0. The van der Waals surface area contributed by atoms with Gasteiger partial charge in [0.15, 0.2) is 0 Å². The maximum absolute atomic E-state index is 12.7. The second-order valence-electron chi connectivity index (χ2n) is 5.99. The van der Waals surface area contributed by atoms with Crippen LogP contribution in [0.25, 0.3) is 10.9 Å². The Morgan fingerprint density at radius 2 is 1.88 bits per heavy atom. The maximum atomic E-state index is 12.7.